The van der Waals surface area contributed by atoms with Crippen molar-refractivity contribution >= 4 is 5.82 Å². The van der Waals surface area contributed by atoms with Gasteiger partial charge in [0, 0.05) is 42.8 Å². The van der Waals surface area contributed by atoms with E-state index in [0.29, 0.717) is 28.9 Å². The summed E-state index contributed by atoms with van der Waals surface area (Å²) in [5.74, 6) is 0.429. The Morgan fingerprint density at radius 3 is 2.52 bits per heavy atom. The van der Waals surface area contributed by atoms with Gasteiger partial charge in [0.2, 0.25) is 0 Å². The highest BCUT2D eigenvalue weighted by molar-refractivity contribution is 5.73. The summed E-state index contributed by atoms with van der Waals surface area (Å²) >= 11 is 0. The molecule has 1 atom stereocenters. The van der Waals surface area contributed by atoms with Crippen LogP contribution in [0.5, 0.6) is 5.75 Å². The fourth-order valence-electron chi connectivity index (χ4n) is 4.43. The minimum absolute atomic E-state index is 0.304. The van der Waals surface area contributed by atoms with Crippen LogP contribution < -0.4 is 4.90 Å². The van der Waals surface area contributed by atoms with Crippen molar-refractivity contribution in [3.05, 3.63) is 34.9 Å². The SMILES string of the molecule is Cc1cc(C(F)(F)F)cc(O)c1-c1cc2c(nn1)N([C@@H]1CCN(C(C)C)C1)CC2. The number of phenols is 1. The average molecular weight is 406 g/mol. The van der Waals surface area contributed by atoms with Crippen molar-refractivity contribution in [2.75, 3.05) is 24.5 Å². The number of aromatic nitrogens is 2. The summed E-state index contributed by atoms with van der Waals surface area (Å²) in [6, 6.07) is 4.56. The van der Waals surface area contributed by atoms with Gasteiger partial charge in [-0.15, -0.1) is 10.2 Å². The minimum Gasteiger partial charge on any atom is -0.507 e. The van der Waals surface area contributed by atoms with E-state index in [1.807, 2.05) is 6.07 Å². The van der Waals surface area contributed by atoms with E-state index in [9.17, 15) is 18.3 Å². The average Bonchev–Trinajstić information content (AvgIpc) is 3.26. The third-order valence-electron chi connectivity index (χ3n) is 6.01. The summed E-state index contributed by atoms with van der Waals surface area (Å²) in [4.78, 5) is 4.75. The zero-order valence-corrected chi connectivity index (χ0v) is 16.8. The fraction of sp³-hybridized carbons (Fsp3) is 0.524. The van der Waals surface area contributed by atoms with E-state index in [1.54, 1.807) is 6.92 Å². The largest absolute Gasteiger partial charge is 0.507 e. The van der Waals surface area contributed by atoms with Crippen molar-refractivity contribution in [3.63, 3.8) is 0 Å². The molecule has 1 aromatic carbocycles. The lowest BCUT2D eigenvalue weighted by atomic mass is 9.99. The highest BCUT2D eigenvalue weighted by Crippen LogP contribution is 2.40. The Bertz CT molecular complexity index is 906. The van der Waals surface area contributed by atoms with Gasteiger partial charge in [0.1, 0.15) is 5.75 Å². The summed E-state index contributed by atoms with van der Waals surface area (Å²) in [5, 5.41) is 18.9. The summed E-state index contributed by atoms with van der Waals surface area (Å²) in [6.07, 6.45) is -2.60. The third kappa shape index (κ3) is 3.66. The zero-order valence-electron chi connectivity index (χ0n) is 16.8. The number of anilines is 1. The first-order valence-corrected chi connectivity index (χ1v) is 9.93. The van der Waals surface area contributed by atoms with E-state index >= 15 is 0 Å². The summed E-state index contributed by atoms with van der Waals surface area (Å²) in [6.45, 7) is 8.88. The number of fused-ring (bicyclic) bond motifs is 1. The molecule has 0 aliphatic carbocycles. The highest BCUT2D eigenvalue weighted by Gasteiger charge is 2.35. The molecule has 1 aromatic heterocycles. The van der Waals surface area contributed by atoms with E-state index < -0.39 is 17.5 Å². The molecular weight excluding hydrogens is 381 g/mol. The lowest BCUT2D eigenvalue weighted by Crippen LogP contribution is -2.38. The van der Waals surface area contributed by atoms with Crippen LogP contribution in [-0.4, -0.2) is 51.9 Å². The lowest BCUT2D eigenvalue weighted by molar-refractivity contribution is -0.137. The van der Waals surface area contributed by atoms with E-state index in [2.05, 4.69) is 33.8 Å². The molecule has 2 aliphatic rings. The van der Waals surface area contributed by atoms with Gasteiger partial charge < -0.3 is 10.0 Å². The summed E-state index contributed by atoms with van der Waals surface area (Å²) in [5.41, 5.74) is 1.19. The van der Waals surface area contributed by atoms with Gasteiger partial charge in [-0.1, -0.05) is 0 Å². The quantitative estimate of drug-likeness (QED) is 0.834. The highest BCUT2D eigenvalue weighted by atomic mass is 19.4. The number of halogens is 3. The van der Waals surface area contributed by atoms with Crippen LogP contribution in [0, 0.1) is 6.92 Å². The Balaban J connectivity index is 1.62. The maximum absolute atomic E-state index is 13.0. The van der Waals surface area contributed by atoms with Crippen LogP contribution >= 0.6 is 0 Å². The van der Waals surface area contributed by atoms with Crippen LogP contribution in [0.3, 0.4) is 0 Å². The Morgan fingerprint density at radius 1 is 1.14 bits per heavy atom. The molecule has 0 bridgehead atoms. The van der Waals surface area contributed by atoms with Crippen molar-refractivity contribution in [1.29, 1.82) is 0 Å². The molecular formula is C21H25F3N4O. The number of hydrogen-bond donors (Lipinski definition) is 1. The van der Waals surface area contributed by atoms with Crippen molar-refractivity contribution in [2.24, 2.45) is 0 Å². The molecule has 2 aliphatic heterocycles. The molecule has 3 heterocycles. The number of hydrogen-bond acceptors (Lipinski definition) is 5. The molecule has 5 nitrogen and oxygen atoms in total. The first-order valence-electron chi connectivity index (χ1n) is 9.93. The maximum Gasteiger partial charge on any atom is 0.416 e. The predicted molar refractivity (Wildman–Crippen MR) is 105 cm³/mol. The molecule has 0 saturated carbocycles. The number of benzene rings is 1. The molecule has 8 heteroatoms. The Hall–Kier alpha value is -2.35. The number of aryl methyl sites for hydroxylation is 1. The number of nitrogens with zero attached hydrogens (tertiary/aromatic N) is 4. The fourth-order valence-corrected chi connectivity index (χ4v) is 4.43. The standard InChI is InChI=1S/C21H25F3N4O/c1-12(2)27-6-5-16(11-27)28-7-4-14-9-17(25-26-20(14)28)19-13(3)8-15(10-18(19)29)21(22,23)24/h8-10,12,16,29H,4-7,11H2,1-3H3/t16-/m1/s1. The zero-order chi connectivity index (χ0) is 20.9. The van der Waals surface area contributed by atoms with Crippen LogP contribution in [-0.2, 0) is 12.6 Å². The monoisotopic (exact) mass is 406 g/mol. The number of alkyl halides is 3. The Morgan fingerprint density at radius 2 is 1.90 bits per heavy atom. The van der Waals surface area contributed by atoms with Crippen LogP contribution in [0.25, 0.3) is 11.3 Å². The van der Waals surface area contributed by atoms with Crippen molar-refractivity contribution in [1.82, 2.24) is 15.1 Å². The number of likely N-dealkylation sites (tertiary alicyclic amines) is 1. The minimum atomic E-state index is -4.50. The molecule has 156 valence electrons. The van der Waals surface area contributed by atoms with Gasteiger partial charge in [0.25, 0.3) is 0 Å². The van der Waals surface area contributed by atoms with Crippen molar-refractivity contribution in [3.8, 4) is 17.0 Å². The van der Waals surface area contributed by atoms with E-state index in [4.69, 9.17) is 0 Å². The number of phenolic OH excluding ortho intramolecular Hbond substituents is 1. The molecule has 4 rings (SSSR count). The molecule has 1 N–H and O–H groups in total. The maximum atomic E-state index is 13.0. The van der Waals surface area contributed by atoms with Gasteiger partial charge in [-0.3, -0.25) is 4.90 Å². The normalized spacial score (nSPS) is 20.0. The van der Waals surface area contributed by atoms with Gasteiger partial charge >= 0.3 is 6.18 Å². The second kappa shape index (κ2) is 7.16. The van der Waals surface area contributed by atoms with E-state index in [0.717, 1.165) is 56.0 Å². The van der Waals surface area contributed by atoms with Crippen LogP contribution in [0.2, 0.25) is 0 Å². The van der Waals surface area contributed by atoms with E-state index in [-0.39, 0.29) is 0 Å². The van der Waals surface area contributed by atoms with Crippen LogP contribution in [0.1, 0.15) is 37.0 Å². The van der Waals surface area contributed by atoms with Crippen molar-refractivity contribution in [2.45, 2.75) is 51.9 Å². The molecule has 0 unspecified atom stereocenters. The first-order chi connectivity index (χ1) is 13.6. The third-order valence-corrected chi connectivity index (χ3v) is 6.01. The Labute approximate surface area is 168 Å². The van der Waals surface area contributed by atoms with Gasteiger partial charge in [-0.05, 0) is 57.4 Å². The van der Waals surface area contributed by atoms with Gasteiger partial charge in [-0.2, -0.15) is 13.2 Å². The first kappa shape index (κ1) is 19.9. The Kier molecular flexibility index (Phi) is 4.93. The molecule has 0 amide bonds. The second-order valence-electron chi connectivity index (χ2n) is 8.24. The van der Waals surface area contributed by atoms with Crippen LogP contribution in [0.4, 0.5) is 19.0 Å². The summed E-state index contributed by atoms with van der Waals surface area (Å²) in [7, 11) is 0. The summed E-state index contributed by atoms with van der Waals surface area (Å²) < 4.78 is 38.9. The molecule has 0 radical (unpaired) electrons. The molecule has 2 aromatic rings. The topological polar surface area (TPSA) is 52.5 Å². The number of rotatable bonds is 3. The smallest absolute Gasteiger partial charge is 0.416 e. The molecule has 29 heavy (non-hydrogen) atoms. The van der Waals surface area contributed by atoms with Gasteiger partial charge in [0.05, 0.1) is 11.3 Å². The molecule has 1 fully saturated rings. The molecule has 0 spiro atoms. The second-order valence-corrected chi connectivity index (χ2v) is 8.24. The van der Waals surface area contributed by atoms with Gasteiger partial charge in [-0.25, -0.2) is 0 Å². The van der Waals surface area contributed by atoms with Crippen LogP contribution in [0.15, 0.2) is 18.2 Å². The lowest BCUT2D eigenvalue weighted by Gasteiger charge is -2.27. The predicted octanol–water partition coefficient (Wildman–Crippen LogP) is 4.02. The van der Waals surface area contributed by atoms with Gasteiger partial charge in [0.15, 0.2) is 5.82 Å². The molecule has 1 saturated heterocycles. The van der Waals surface area contributed by atoms with E-state index in [1.165, 1.54) is 0 Å². The van der Waals surface area contributed by atoms with Crippen molar-refractivity contribution < 1.29 is 18.3 Å². The number of aromatic hydroxyl groups is 1.